The lowest BCUT2D eigenvalue weighted by Gasteiger charge is -2.06. The molecule has 0 spiro atoms. The molecule has 0 aromatic carbocycles. The highest BCUT2D eigenvalue weighted by atomic mass is 16.1. The number of rotatable bonds is 0. The number of nitrogens with one attached hydrogen (secondary N) is 1. The summed E-state index contributed by atoms with van der Waals surface area (Å²) in [5, 5.41) is 0.487. The molecule has 3 heterocycles. The topological polar surface area (TPSA) is 67.2 Å². The van der Waals surface area contributed by atoms with Gasteiger partial charge in [-0.3, -0.25) is 9.59 Å². The van der Waals surface area contributed by atoms with Crippen LogP contribution < -0.4 is 11.0 Å². The first-order chi connectivity index (χ1) is 8.56. The first-order valence-electron chi connectivity index (χ1n) is 5.59. The Morgan fingerprint density at radius 1 is 1.17 bits per heavy atom. The summed E-state index contributed by atoms with van der Waals surface area (Å²) in [6.45, 7) is 3.55. The van der Waals surface area contributed by atoms with E-state index >= 15 is 0 Å². The van der Waals surface area contributed by atoms with Gasteiger partial charge in [-0.15, -0.1) is 0 Å². The highest BCUT2D eigenvalue weighted by molar-refractivity contribution is 5.78. The van der Waals surface area contributed by atoms with E-state index in [-0.39, 0.29) is 11.0 Å². The summed E-state index contributed by atoms with van der Waals surface area (Å²) >= 11 is 0. The molecule has 0 saturated carbocycles. The van der Waals surface area contributed by atoms with Gasteiger partial charge in [-0.2, -0.15) is 0 Å². The lowest BCUT2D eigenvalue weighted by molar-refractivity contribution is 1.02. The summed E-state index contributed by atoms with van der Waals surface area (Å²) in [7, 11) is 0. The van der Waals surface area contributed by atoms with Gasteiger partial charge < -0.3 is 4.98 Å². The van der Waals surface area contributed by atoms with E-state index in [0.717, 1.165) is 0 Å². The van der Waals surface area contributed by atoms with Crippen LogP contribution in [0.3, 0.4) is 0 Å². The van der Waals surface area contributed by atoms with E-state index in [1.165, 1.54) is 16.5 Å². The van der Waals surface area contributed by atoms with Gasteiger partial charge in [0, 0.05) is 23.5 Å². The molecule has 5 nitrogen and oxygen atoms in total. The molecule has 18 heavy (non-hydrogen) atoms. The van der Waals surface area contributed by atoms with Crippen LogP contribution in [0, 0.1) is 13.8 Å². The second kappa shape index (κ2) is 3.53. The van der Waals surface area contributed by atoms with E-state index in [9.17, 15) is 9.59 Å². The smallest absolute Gasteiger partial charge is 0.259 e. The van der Waals surface area contributed by atoms with Crippen LogP contribution in [0.2, 0.25) is 0 Å². The zero-order chi connectivity index (χ0) is 12.9. The van der Waals surface area contributed by atoms with Crippen molar-refractivity contribution in [2.75, 3.05) is 0 Å². The van der Waals surface area contributed by atoms with Crippen LogP contribution >= 0.6 is 0 Å². The van der Waals surface area contributed by atoms with Crippen LogP contribution in [0.5, 0.6) is 0 Å². The number of aromatic amines is 1. The Labute approximate surface area is 102 Å². The van der Waals surface area contributed by atoms with E-state index in [2.05, 4.69) is 9.97 Å². The van der Waals surface area contributed by atoms with Crippen LogP contribution in [0.15, 0.2) is 33.9 Å². The van der Waals surface area contributed by atoms with Gasteiger partial charge in [-0.05, 0) is 26.0 Å². The average Bonchev–Trinajstić information content (AvgIpc) is 2.26. The number of nitrogens with zero attached hydrogens (tertiary/aromatic N) is 2. The highest BCUT2D eigenvalue weighted by Gasteiger charge is 2.07. The van der Waals surface area contributed by atoms with E-state index in [4.69, 9.17) is 0 Å². The van der Waals surface area contributed by atoms with E-state index in [1.54, 1.807) is 26.0 Å². The number of hydrogen-bond donors (Lipinski definition) is 1. The molecule has 0 atom stereocenters. The van der Waals surface area contributed by atoms with Crippen molar-refractivity contribution < 1.29 is 0 Å². The maximum absolute atomic E-state index is 12.0. The minimum atomic E-state index is -0.190. The van der Waals surface area contributed by atoms with Crippen molar-refractivity contribution in [1.82, 2.24) is 14.4 Å². The minimum Gasteiger partial charge on any atom is -0.344 e. The van der Waals surface area contributed by atoms with E-state index in [1.807, 2.05) is 0 Å². The molecule has 3 aromatic heterocycles. The molecule has 3 rings (SSSR count). The molecular formula is C13H11N3O2. The van der Waals surface area contributed by atoms with Crippen molar-refractivity contribution in [3.63, 3.8) is 0 Å². The van der Waals surface area contributed by atoms with Crippen molar-refractivity contribution in [2.24, 2.45) is 0 Å². The molecule has 3 aromatic rings. The summed E-state index contributed by atoms with van der Waals surface area (Å²) in [4.78, 5) is 31.2. The number of aromatic nitrogens is 3. The summed E-state index contributed by atoms with van der Waals surface area (Å²) in [6, 6.07) is 6.34. The first-order valence-corrected chi connectivity index (χ1v) is 5.59. The quantitative estimate of drug-likeness (QED) is 0.600. The molecule has 0 saturated heterocycles. The molecule has 0 radical (unpaired) electrons. The van der Waals surface area contributed by atoms with Gasteiger partial charge >= 0.3 is 0 Å². The second-order valence-electron chi connectivity index (χ2n) is 4.34. The normalized spacial score (nSPS) is 11.2. The molecule has 5 heteroatoms. The monoisotopic (exact) mass is 241 g/mol. The average molecular weight is 241 g/mol. The maximum atomic E-state index is 12.0. The predicted octanol–water partition coefficient (Wildman–Crippen LogP) is 1.15. The summed E-state index contributed by atoms with van der Waals surface area (Å²) < 4.78 is 1.43. The Morgan fingerprint density at radius 3 is 2.72 bits per heavy atom. The van der Waals surface area contributed by atoms with Crippen LogP contribution in [0.4, 0.5) is 0 Å². The number of pyridine rings is 2. The molecule has 0 unspecified atom stereocenters. The molecule has 0 bridgehead atoms. The summed E-state index contributed by atoms with van der Waals surface area (Å²) in [6.07, 6.45) is 0. The molecule has 90 valence electrons. The zero-order valence-electron chi connectivity index (χ0n) is 10.0. The Balaban J connectivity index is 2.69. The van der Waals surface area contributed by atoms with Gasteiger partial charge in [0.15, 0.2) is 5.43 Å². The molecule has 0 fully saturated rings. The Hall–Kier alpha value is -2.43. The van der Waals surface area contributed by atoms with Crippen LogP contribution in [-0.2, 0) is 0 Å². The van der Waals surface area contributed by atoms with Crippen LogP contribution in [0.1, 0.15) is 11.4 Å². The summed E-state index contributed by atoms with van der Waals surface area (Å²) in [5.74, 6) is 0. The minimum absolute atomic E-state index is 0.101. The fourth-order valence-electron chi connectivity index (χ4n) is 2.13. The first kappa shape index (κ1) is 10.7. The van der Waals surface area contributed by atoms with E-state index in [0.29, 0.717) is 28.1 Å². The number of hydrogen-bond acceptors (Lipinski definition) is 3. The van der Waals surface area contributed by atoms with Crippen LogP contribution in [0.25, 0.3) is 16.7 Å². The fraction of sp³-hybridized carbons (Fsp3) is 0.154. The number of H-pyrrole nitrogens is 1. The molecule has 0 amide bonds. The standard InChI is InChI=1S/C13H11N3O2/c1-7-5-10(17)9-3-4-11-14-8(2)6-12(18)16(11)13(9)15-7/h3-6H,1-2H3,(H,15,17). The van der Waals surface area contributed by atoms with Gasteiger partial charge in [-0.1, -0.05) is 0 Å². The highest BCUT2D eigenvalue weighted by Crippen LogP contribution is 2.09. The van der Waals surface area contributed by atoms with Crippen molar-refractivity contribution in [3.8, 4) is 0 Å². The number of fused-ring (bicyclic) bond motifs is 3. The molecule has 1 N–H and O–H groups in total. The fourth-order valence-corrected chi connectivity index (χ4v) is 2.13. The van der Waals surface area contributed by atoms with Gasteiger partial charge in [0.05, 0.1) is 5.39 Å². The van der Waals surface area contributed by atoms with Gasteiger partial charge in [0.2, 0.25) is 0 Å². The zero-order valence-corrected chi connectivity index (χ0v) is 10.0. The van der Waals surface area contributed by atoms with Crippen molar-refractivity contribution in [3.05, 3.63) is 56.2 Å². The third-order valence-corrected chi connectivity index (χ3v) is 2.88. The van der Waals surface area contributed by atoms with Crippen molar-refractivity contribution in [2.45, 2.75) is 13.8 Å². The predicted molar refractivity (Wildman–Crippen MR) is 69.1 cm³/mol. The molecular weight excluding hydrogens is 230 g/mol. The van der Waals surface area contributed by atoms with Crippen LogP contribution in [-0.4, -0.2) is 14.4 Å². The molecule has 0 aliphatic carbocycles. The Bertz CT molecular complexity index is 890. The van der Waals surface area contributed by atoms with Crippen molar-refractivity contribution in [1.29, 1.82) is 0 Å². The second-order valence-corrected chi connectivity index (χ2v) is 4.34. The van der Waals surface area contributed by atoms with E-state index < -0.39 is 0 Å². The third-order valence-electron chi connectivity index (χ3n) is 2.88. The lowest BCUT2D eigenvalue weighted by atomic mass is 10.2. The van der Waals surface area contributed by atoms with Gasteiger partial charge in [0.1, 0.15) is 11.3 Å². The molecule has 0 aliphatic heterocycles. The third kappa shape index (κ3) is 1.44. The summed E-state index contributed by atoms with van der Waals surface area (Å²) in [5.41, 5.74) is 2.12. The maximum Gasteiger partial charge on any atom is 0.259 e. The van der Waals surface area contributed by atoms with Gasteiger partial charge in [-0.25, -0.2) is 9.38 Å². The Kier molecular flexibility index (Phi) is 2.10. The largest absolute Gasteiger partial charge is 0.344 e. The Morgan fingerprint density at radius 2 is 1.94 bits per heavy atom. The lowest BCUT2D eigenvalue weighted by Crippen LogP contribution is -2.18. The van der Waals surface area contributed by atoms with Gasteiger partial charge in [0.25, 0.3) is 5.56 Å². The van der Waals surface area contributed by atoms with Crippen molar-refractivity contribution >= 4 is 16.7 Å². The number of aryl methyl sites for hydroxylation is 2. The SMILES string of the molecule is Cc1cc(=O)n2c(ccc3c(=O)cc(C)[nH]c32)n1. The molecule has 0 aliphatic rings.